The van der Waals surface area contributed by atoms with Crippen LogP contribution in [0.4, 0.5) is 4.39 Å². The van der Waals surface area contributed by atoms with Crippen molar-refractivity contribution in [3.8, 4) is 0 Å². The van der Waals surface area contributed by atoms with Crippen molar-refractivity contribution in [2.24, 2.45) is 0 Å². The summed E-state index contributed by atoms with van der Waals surface area (Å²) >= 11 is 0. The zero-order chi connectivity index (χ0) is 14.1. The number of hydrogen-bond acceptors (Lipinski definition) is 2. The van der Waals surface area contributed by atoms with Gasteiger partial charge in [0, 0.05) is 10.9 Å². The van der Waals surface area contributed by atoms with E-state index >= 15 is 0 Å². The van der Waals surface area contributed by atoms with Crippen LogP contribution in [0.15, 0.2) is 52.9 Å². The zero-order valence-electron chi connectivity index (χ0n) is 11.0. The van der Waals surface area contributed by atoms with Gasteiger partial charge in [-0.3, -0.25) is 4.79 Å². The molecule has 0 N–H and O–H groups in total. The molecule has 3 heteroatoms. The number of aryl methyl sites for hydroxylation is 1. The highest BCUT2D eigenvalue weighted by atomic mass is 19.1. The molecule has 0 saturated carbocycles. The van der Waals surface area contributed by atoms with Crippen LogP contribution in [0.2, 0.25) is 0 Å². The summed E-state index contributed by atoms with van der Waals surface area (Å²) in [6, 6.07) is 13.3. The lowest BCUT2D eigenvalue weighted by atomic mass is 10.0. The molecule has 2 aromatic carbocycles. The number of carbonyl (C=O) groups excluding carboxylic acids is 1. The summed E-state index contributed by atoms with van der Waals surface area (Å²) in [5.41, 5.74) is 2.13. The van der Waals surface area contributed by atoms with Crippen LogP contribution < -0.4 is 0 Å². The summed E-state index contributed by atoms with van der Waals surface area (Å²) in [4.78, 5) is 12.5. The van der Waals surface area contributed by atoms with Crippen LogP contribution in [0.25, 0.3) is 11.0 Å². The molecule has 0 spiro atoms. The van der Waals surface area contributed by atoms with Crippen LogP contribution in [0.5, 0.6) is 0 Å². The lowest BCUT2D eigenvalue weighted by molar-refractivity contribution is 0.101. The largest absolute Gasteiger partial charge is 0.453 e. The summed E-state index contributed by atoms with van der Waals surface area (Å²) in [5, 5.41) is 0.599. The summed E-state index contributed by atoms with van der Waals surface area (Å²) in [5.74, 6) is -0.267. The second-order valence-electron chi connectivity index (χ2n) is 4.63. The Balaban J connectivity index is 2.08. The highest BCUT2D eigenvalue weighted by Crippen LogP contribution is 2.23. The van der Waals surface area contributed by atoms with Crippen LogP contribution in [0.3, 0.4) is 0 Å². The first kappa shape index (κ1) is 12.6. The predicted molar refractivity (Wildman–Crippen MR) is 75.4 cm³/mol. The third kappa shape index (κ3) is 2.11. The third-order valence-electron chi connectivity index (χ3n) is 3.35. The van der Waals surface area contributed by atoms with Crippen LogP contribution in [-0.4, -0.2) is 5.78 Å². The Morgan fingerprint density at radius 3 is 2.75 bits per heavy atom. The Morgan fingerprint density at radius 1 is 1.15 bits per heavy atom. The average Bonchev–Trinajstić information content (AvgIpc) is 2.89. The number of fused-ring (bicyclic) bond motifs is 1. The van der Waals surface area contributed by atoms with Gasteiger partial charge in [0.15, 0.2) is 5.76 Å². The fraction of sp³-hybridized carbons (Fsp3) is 0.118. The molecule has 20 heavy (non-hydrogen) atoms. The van der Waals surface area contributed by atoms with E-state index in [1.54, 1.807) is 12.1 Å². The van der Waals surface area contributed by atoms with Gasteiger partial charge in [0.25, 0.3) is 0 Å². The molecule has 2 nitrogen and oxygen atoms in total. The lowest BCUT2D eigenvalue weighted by Crippen LogP contribution is -2.03. The molecule has 0 aliphatic carbocycles. The van der Waals surface area contributed by atoms with E-state index in [4.69, 9.17) is 4.42 Å². The van der Waals surface area contributed by atoms with Gasteiger partial charge < -0.3 is 4.42 Å². The van der Waals surface area contributed by atoms with E-state index in [1.807, 2.05) is 25.1 Å². The number of rotatable bonds is 3. The van der Waals surface area contributed by atoms with Crippen molar-refractivity contribution in [2.45, 2.75) is 13.3 Å². The molecule has 0 aliphatic heterocycles. The predicted octanol–water partition coefficient (Wildman–Crippen LogP) is 4.37. The molecule has 1 aromatic heterocycles. The minimum absolute atomic E-state index is 0.168. The Kier molecular flexibility index (Phi) is 3.11. The van der Waals surface area contributed by atoms with E-state index in [-0.39, 0.29) is 17.4 Å². The van der Waals surface area contributed by atoms with Crippen LogP contribution in [0, 0.1) is 5.82 Å². The van der Waals surface area contributed by atoms with E-state index in [0.717, 1.165) is 12.0 Å². The Bertz CT molecular complexity index is 787. The first-order valence-corrected chi connectivity index (χ1v) is 6.50. The number of carbonyl (C=O) groups is 1. The number of furan rings is 1. The quantitative estimate of drug-likeness (QED) is 0.660. The smallest absolute Gasteiger partial charge is 0.228 e. The lowest BCUT2D eigenvalue weighted by Gasteiger charge is -2.04. The molecule has 0 radical (unpaired) electrons. The monoisotopic (exact) mass is 268 g/mol. The van der Waals surface area contributed by atoms with Crippen LogP contribution in [0.1, 0.15) is 28.6 Å². The van der Waals surface area contributed by atoms with Gasteiger partial charge in [-0.25, -0.2) is 4.39 Å². The fourth-order valence-corrected chi connectivity index (χ4v) is 2.31. The Hall–Kier alpha value is -2.42. The molecule has 0 amide bonds. The fourth-order valence-electron chi connectivity index (χ4n) is 2.31. The van der Waals surface area contributed by atoms with Gasteiger partial charge in [-0.05, 0) is 36.2 Å². The van der Waals surface area contributed by atoms with E-state index < -0.39 is 0 Å². The normalized spacial score (nSPS) is 10.9. The number of benzene rings is 2. The summed E-state index contributed by atoms with van der Waals surface area (Å²) in [7, 11) is 0. The molecule has 0 bridgehead atoms. The third-order valence-corrected chi connectivity index (χ3v) is 3.35. The number of hydrogen-bond donors (Lipinski definition) is 0. The first-order chi connectivity index (χ1) is 9.69. The Morgan fingerprint density at radius 2 is 1.95 bits per heavy atom. The van der Waals surface area contributed by atoms with Crippen molar-refractivity contribution in [2.75, 3.05) is 0 Å². The molecule has 0 fully saturated rings. The zero-order valence-corrected chi connectivity index (χ0v) is 11.0. The number of ketones is 1. The van der Waals surface area contributed by atoms with E-state index in [2.05, 4.69) is 0 Å². The SMILES string of the molecule is CCc1ccccc1C(=O)c1cc2cc(F)ccc2o1. The molecule has 100 valence electrons. The maximum absolute atomic E-state index is 13.2. The van der Waals surface area contributed by atoms with Gasteiger partial charge in [-0.2, -0.15) is 0 Å². The molecular weight excluding hydrogens is 255 g/mol. The van der Waals surface area contributed by atoms with Gasteiger partial charge in [0.2, 0.25) is 5.78 Å². The minimum atomic E-state index is -0.341. The van der Waals surface area contributed by atoms with Gasteiger partial charge in [0.05, 0.1) is 0 Å². The maximum atomic E-state index is 13.2. The average molecular weight is 268 g/mol. The summed E-state index contributed by atoms with van der Waals surface area (Å²) < 4.78 is 18.7. The topological polar surface area (TPSA) is 30.2 Å². The van der Waals surface area contributed by atoms with E-state index in [0.29, 0.717) is 16.5 Å². The highest BCUT2D eigenvalue weighted by molar-refractivity contribution is 6.09. The molecule has 0 atom stereocenters. The Labute approximate surface area is 115 Å². The van der Waals surface area contributed by atoms with Gasteiger partial charge in [-0.15, -0.1) is 0 Å². The van der Waals surface area contributed by atoms with Crippen molar-refractivity contribution >= 4 is 16.8 Å². The minimum Gasteiger partial charge on any atom is -0.453 e. The molecule has 3 rings (SSSR count). The van der Waals surface area contributed by atoms with Crippen molar-refractivity contribution < 1.29 is 13.6 Å². The van der Waals surface area contributed by atoms with Gasteiger partial charge >= 0.3 is 0 Å². The molecular formula is C17H13FO2. The van der Waals surface area contributed by atoms with Gasteiger partial charge in [-0.1, -0.05) is 31.2 Å². The maximum Gasteiger partial charge on any atom is 0.228 e. The summed E-state index contributed by atoms with van der Waals surface area (Å²) in [6.07, 6.45) is 0.775. The molecule has 0 unspecified atom stereocenters. The second-order valence-corrected chi connectivity index (χ2v) is 4.63. The molecule has 0 aliphatic rings. The highest BCUT2D eigenvalue weighted by Gasteiger charge is 2.17. The van der Waals surface area contributed by atoms with Crippen LogP contribution >= 0.6 is 0 Å². The number of halogens is 1. The van der Waals surface area contributed by atoms with Crippen molar-refractivity contribution in [3.63, 3.8) is 0 Å². The van der Waals surface area contributed by atoms with Crippen molar-refractivity contribution in [1.29, 1.82) is 0 Å². The van der Waals surface area contributed by atoms with E-state index in [9.17, 15) is 9.18 Å². The standard InChI is InChI=1S/C17H13FO2/c1-2-11-5-3-4-6-14(11)17(19)16-10-12-9-13(18)7-8-15(12)20-16/h3-10H,2H2,1H3. The van der Waals surface area contributed by atoms with Crippen LogP contribution in [-0.2, 0) is 6.42 Å². The second kappa shape index (κ2) is 4.93. The molecule has 3 aromatic rings. The van der Waals surface area contributed by atoms with Crippen molar-refractivity contribution in [1.82, 2.24) is 0 Å². The van der Waals surface area contributed by atoms with E-state index in [1.165, 1.54) is 18.2 Å². The van der Waals surface area contributed by atoms with Gasteiger partial charge in [0.1, 0.15) is 11.4 Å². The van der Waals surface area contributed by atoms with Crippen molar-refractivity contribution in [3.05, 3.63) is 71.2 Å². The molecule has 0 saturated heterocycles. The first-order valence-electron chi connectivity index (χ1n) is 6.50. The molecule has 1 heterocycles. The summed E-state index contributed by atoms with van der Waals surface area (Å²) in [6.45, 7) is 2.00.